The first kappa shape index (κ1) is 10.8. The zero-order chi connectivity index (χ0) is 11.4. The number of hydrogen-bond donors (Lipinski definition) is 1. The maximum Gasteiger partial charge on any atom is 0.251 e. The molecule has 0 atom stereocenters. The molecule has 3 nitrogen and oxygen atoms in total. The standard InChI is InChI=1S/C12H12N2OS/c1-9-7-13-11(16-9)8-14-12(15)10-5-3-2-4-6-10/h2-7H,8H2,1H3,(H,14,15). The summed E-state index contributed by atoms with van der Waals surface area (Å²) < 4.78 is 0. The van der Waals surface area contributed by atoms with E-state index in [9.17, 15) is 4.79 Å². The molecular weight excluding hydrogens is 220 g/mol. The van der Waals surface area contributed by atoms with Crippen LogP contribution in [0.5, 0.6) is 0 Å². The van der Waals surface area contributed by atoms with Gasteiger partial charge in [-0.05, 0) is 19.1 Å². The highest BCUT2D eigenvalue weighted by atomic mass is 32.1. The van der Waals surface area contributed by atoms with E-state index in [-0.39, 0.29) is 5.91 Å². The van der Waals surface area contributed by atoms with Gasteiger partial charge in [0, 0.05) is 16.6 Å². The minimum atomic E-state index is -0.0616. The van der Waals surface area contributed by atoms with Crippen LogP contribution in [0, 0.1) is 6.92 Å². The molecule has 0 bridgehead atoms. The molecule has 0 aliphatic carbocycles. The predicted molar refractivity (Wildman–Crippen MR) is 64.5 cm³/mol. The number of aromatic nitrogens is 1. The molecule has 0 aliphatic rings. The molecule has 1 N–H and O–H groups in total. The van der Waals surface area contributed by atoms with Crippen molar-refractivity contribution in [1.29, 1.82) is 0 Å². The van der Waals surface area contributed by atoms with Crippen LogP contribution in [-0.2, 0) is 6.54 Å². The Hall–Kier alpha value is -1.68. The summed E-state index contributed by atoms with van der Waals surface area (Å²) in [6.07, 6.45) is 1.81. The molecule has 1 aromatic carbocycles. The molecule has 0 saturated heterocycles. The van der Waals surface area contributed by atoms with Gasteiger partial charge >= 0.3 is 0 Å². The van der Waals surface area contributed by atoms with Crippen LogP contribution < -0.4 is 5.32 Å². The fraction of sp³-hybridized carbons (Fsp3) is 0.167. The van der Waals surface area contributed by atoms with E-state index in [2.05, 4.69) is 10.3 Å². The Morgan fingerprint density at radius 2 is 2.12 bits per heavy atom. The van der Waals surface area contributed by atoms with Crippen LogP contribution in [0.25, 0.3) is 0 Å². The summed E-state index contributed by atoms with van der Waals surface area (Å²) in [6, 6.07) is 9.18. The topological polar surface area (TPSA) is 42.0 Å². The Morgan fingerprint density at radius 1 is 1.38 bits per heavy atom. The number of thiazole rings is 1. The third kappa shape index (κ3) is 2.67. The van der Waals surface area contributed by atoms with E-state index in [0.717, 1.165) is 9.88 Å². The summed E-state index contributed by atoms with van der Waals surface area (Å²) in [5, 5.41) is 3.77. The minimum Gasteiger partial charge on any atom is -0.346 e. The summed E-state index contributed by atoms with van der Waals surface area (Å²) in [5.41, 5.74) is 0.677. The van der Waals surface area contributed by atoms with Gasteiger partial charge in [-0.2, -0.15) is 0 Å². The van der Waals surface area contributed by atoms with Gasteiger partial charge in [-0.15, -0.1) is 11.3 Å². The van der Waals surface area contributed by atoms with Gasteiger partial charge in [-0.1, -0.05) is 18.2 Å². The van der Waals surface area contributed by atoms with Crippen LogP contribution in [0.4, 0.5) is 0 Å². The molecule has 16 heavy (non-hydrogen) atoms. The molecule has 1 heterocycles. The molecule has 1 aromatic heterocycles. The average Bonchev–Trinajstić information content (AvgIpc) is 2.73. The van der Waals surface area contributed by atoms with E-state index in [1.165, 1.54) is 0 Å². The summed E-state index contributed by atoms with van der Waals surface area (Å²) >= 11 is 1.60. The normalized spacial score (nSPS) is 10.1. The van der Waals surface area contributed by atoms with Crippen LogP contribution in [0.3, 0.4) is 0 Å². The zero-order valence-electron chi connectivity index (χ0n) is 8.93. The monoisotopic (exact) mass is 232 g/mol. The number of aryl methyl sites for hydroxylation is 1. The molecule has 4 heteroatoms. The number of rotatable bonds is 3. The van der Waals surface area contributed by atoms with Crippen LogP contribution in [0.2, 0.25) is 0 Å². The van der Waals surface area contributed by atoms with Crippen molar-refractivity contribution in [2.45, 2.75) is 13.5 Å². The van der Waals surface area contributed by atoms with Crippen molar-refractivity contribution in [3.63, 3.8) is 0 Å². The molecule has 0 spiro atoms. The van der Waals surface area contributed by atoms with Crippen molar-refractivity contribution < 1.29 is 4.79 Å². The van der Waals surface area contributed by atoms with Gasteiger partial charge in [0.2, 0.25) is 0 Å². The molecule has 2 rings (SSSR count). The van der Waals surface area contributed by atoms with Crippen molar-refractivity contribution in [2.24, 2.45) is 0 Å². The highest BCUT2D eigenvalue weighted by Crippen LogP contribution is 2.10. The van der Waals surface area contributed by atoms with Gasteiger partial charge in [-0.25, -0.2) is 4.98 Å². The van der Waals surface area contributed by atoms with Crippen LogP contribution in [-0.4, -0.2) is 10.9 Å². The molecule has 0 fully saturated rings. The third-order valence-electron chi connectivity index (χ3n) is 2.11. The largest absolute Gasteiger partial charge is 0.346 e. The number of nitrogens with zero attached hydrogens (tertiary/aromatic N) is 1. The molecular formula is C12H12N2OS. The summed E-state index contributed by atoms with van der Waals surface area (Å²) in [5.74, 6) is -0.0616. The number of amides is 1. The van der Waals surface area contributed by atoms with Gasteiger partial charge < -0.3 is 5.32 Å². The number of hydrogen-bond acceptors (Lipinski definition) is 3. The molecule has 0 unspecified atom stereocenters. The number of carbonyl (C=O) groups excluding carboxylic acids is 1. The minimum absolute atomic E-state index is 0.0616. The molecule has 0 aliphatic heterocycles. The molecule has 1 amide bonds. The Morgan fingerprint density at radius 3 is 2.75 bits per heavy atom. The quantitative estimate of drug-likeness (QED) is 0.882. The van der Waals surface area contributed by atoms with Gasteiger partial charge in [0.15, 0.2) is 0 Å². The number of carbonyl (C=O) groups is 1. The second-order valence-corrected chi connectivity index (χ2v) is 4.73. The van der Waals surface area contributed by atoms with Gasteiger partial charge in [-0.3, -0.25) is 4.79 Å². The van der Waals surface area contributed by atoms with Crippen LogP contribution in [0.1, 0.15) is 20.2 Å². The van der Waals surface area contributed by atoms with Gasteiger partial charge in [0.25, 0.3) is 5.91 Å². The van der Waals surface area contributed by atoms with Crippen molar-refractivity contribution in [1.82, 2.24) is 10.3 Å². The molecule has 82 valence electrons. The van der Waals surface area contributed by atoms with Crippen molar-refractivity contribution in [3.05, 3.63) is 52.0 Å². The van der Waals surface area contributed by atoms with Crippen molar-refractivity contribution in [2.75, 3.05) is 0 Å². The molecule has 0 saturated carbocycles. The second-order valence-electron chi connectivity index (χ2n) is 3.41. The fourth-order valence-corrected chi connectivity index (χ4v) is 2.06. The SMILES string of the molecule is Cc1cnc(CNC(=O)c2ccccc2)s1. The molecule has 2 aromatic rings. The Kier molecular flexibility index (Phi) is 3.31. The van der Waals surface area contributed by atoms with Crippen molar-refractivity contribution in [3.8, 4) is 0 Å². The van der Waals surface area contributed by atoms with E-state index >= 15 is 0 Å². The Balaban J connectivity index is 1.94. The lowest BCUT2D eigenvalue weighted by atomic mass is 10.2. The lowest BCUT2D eigenvalue weighted by Crippen LogP contribution is -2.22. The van der Waals surface area contributed by atoms with Gasteiger partial charge in [0.05, 0.1) is 6.54 Å². The van der Waals surface area contributed by atoms with Crippen LogP contribution >= 0.6 is 11.3 Å². The predicted octanol–water partition coefficient (Wildman–Crippen LogP) is 2.38. The van der Waals surface area contributed by atoms with Crippen molar-refractivity contribution >= 4 is 17.2 Å². The van der Waals surface area contributed by atoms with E-state index < -0.39 is 0 Å². The Bertz CT molecular complexity index is 479. The van der Waals surface area contributed by atoms with Crippen LogP contribution in [0.15, 0.2) is 36.5 Å². The van der Waals surface area contributed by atoms with E-state index in [1.807, 2.05) is 31.3 Å². The average molecular weight is 232 g/mol. The summed E-state index contributed by atoms with van der Waals surface area (Å²) in [6.45, 7) is 2.49. The van der Waals surface area contributed by atoms with E-state index in [4.69, 9.17) is 0 Å². The van der Waals surface area contributed by atoms with Gasteiger partial charge in [0.1, 0.15) is 5.01 Å². The first-order chi connectivity index (χ1) is 7.75. The lowest BCUT2D eigenvalue weighted by molar-refractivity contribution is 0.0951. The first-order valence-corrected chi connectivity index (χ1v) is 5.82. The third-order valence-corrected chi connectivity index (χ3v) is 3.02. The number of nitrogens with one attached hydrogen (secondary N) is 1. The highest BCUT2D eigenvalue weighted by Gasteiger charge is 2.05. The maximum atomic E-state index is 11.7. The zero-order valence-corrected chi connectivity index (χ0v) is 9.75. The lowest BCUT2D eigenvalue weighted by Gasteiger charge is -2.02. The summed E-state index contributed by atoms with van der Waals surface area (Å²) in [4.78, 5) is 17.0. The highest BCUT2D eigenvalue weighted by molar-refractivity contribution is 7.11. The van der Waals surface area contributed by atoms with E-state index in [1.54, 1.807) is 23.5 Å². The smallest absolute Gasteiger partial charge is 0.251 e. The Labute approximate surface area is 98.2 Å². The second kappa shape index (κ2) is 4.90. The molecule has 0 radical (unpaired) electrons. The maximum absolute atomic E-state index is 11.7. The number of benzene rings is 1. The van der Waals surface area contributed by atoms with E-state index in [0.29, 0.717) is 12.1 Å². The summed E-state index contributed by atoms with van der Waals surface area (Å²) in [7, 11) is 0. The fourth-order valence-electron chi connectivity index (χ4n) is 1.33. The first-order valence-electron chi connectivity index (χ1n) is 5.00.